The second-order valence-electron chi connectivity index (χ2n) is 5.70. The quantitative estimate of drug-likeness (QED) is 0.836. The molecular weight excluding hydrogens is 270 g/mol. The van der Waals surface area contributed by atoms with E-state index in [4.69, 9.17) is 0 Å². The van der Waals surface area contributed by atoms with Crippen LogP contribution in [0.3, 0.4) is 0 Å². The number of H-pyrrole nitrogens is 1. The molecule has 1 atom stereocenters. The lowest BCUT2D eigenvalue weighted by atomic mass is 9.91. The molecule has 1 aliphatic carbocycles. The molecular formula is C15H19N3O3. The van der Waals surface area contributed by atoms with E-state index in [1.165, 1.54) is 11.8 Å². The summed E-state index contributed by atoms with van der Waals surface area (Å²) in [6.45, 7) is 0.672. The van der Waals surface area contributed by atoms with Crippen LogP contribution in [0.2, 0.25) is 0 Å². The smallest absolute Gasteiger partial charge is 0.339 e. The zero-order chi connectivity index (χ0) is 14.8. The fourth-order valence-electron chi connectivity index (χ4n) is 3.00. The Morgan fingerprint density at radius 3 is 2.81 bits per heavy atom. The topological polar surface area (TPSA) is 86.3 Å². The maximum absolute atomic E-state index is 12.5. The molecule has 0 radical (unpaired) electrons. The molecule has 2 heterocycles. The number of aromatic amines is 1. The van der Waals surface area contributed by atoms with Crippen LogP contribution in [0.5, 0.6) is 0 Å². The molecule has 1 saturated carbocycles. The SMILES string of the molecule is O=C(O)c1cn[nH]c1C1CCCCN1C(=O)C=C1CCC1. The zero-order valence-corrected chi connectivity index (χ0v) is 11.8. The predicted octanol–water partition coefficient (Wildman–Crippen LogP) is 2.27. The van der Waals surface area contributed by atoms with Gasteiger partial charge in [0.1, 0.15) is 5.56 Å². The molecule has 0 bridgehead atoms. The van der Waals surface area contributed by atoms with Crippen LogP contribution in [-0.4, -0.2) is 38.6 Å². The highest BCUT2D eigenvalue weighted by molar-refractivity contribution is 5.91. The molecule has 2 fully saturated rings. The minimum Gasteiger partial charge on any atom is -0.478 e. The second kappa shape index (κ2) is 5.71. The highest BCUT2D eigenvalue weighted by Crippen LogP contribution is 2.33. The van der Waals surface area contributed by atoms with Gasteiger partial charge >= 0.3 is 5.97 Å². The van der Waals surface area contributed by atoms with Gasteiger partial charge in [-0.2, -0.15) is 5.10 Å². The van der Waals surface area contributed by atoms with Crippen molar-refractivity contribution in [3.05, 3.63) is 29.1 Å². The number of likely N-dealkylation sites (tertiary alicyclic amines) is 1. The molecule has 2 aliphatic rings. The van der Waals surface area contributed by atoms with Crippen molar-refractivity contribution in [2.24, 2.45) is 0 Å². The van der Waals surface area contributed by atoms with Crippen LogP contribution in [0.4, 0.5) is 0 Å². The highest BCUT2D eigenvalue weighted by atomic mass is 16.4. The Kier molecular flexibility index (Phi) is 3.77. The average molecular weight is 289 g/mol. The number of hydrogen-bond acceptors (Lipinski definition) is 3. The summed E-state index contributed by atoms with van der Waals surface area (Å²) in [5.74, 6) is -1.01. The predicted molar refractivity (Wildman–Crippen MR) is 75.8 cm³/mol. The summed E-state index contributed by atoms with van der Waals surface area (Å²) < 4.78 is 0. The first-order valence-electron chi connectivity index (χ1n) is 7.43. The maximum Gasteiger partial charge on any atom is 0.339 e. The monoisotopic (exact) mass is 289 g/mol. The van der Waals surface area contributed by atoms with Crippen LogP contribution in [0, 0.1) is 0 Å². The summed E-state index contributed by atoms with van der Waals surface area (Å²) in [6, 6.07) is -0.211. The van der Waals surface area contributed by atoms with Crippen LogP contribution in [0.15, 0.2) is 17.8 Å². The van der Waals surface area contributed by atoms with Gasteiger partial charge in [0.2, 0.25) is 5.91 Å². The molecule has 1 unspecified atom stereocenters. The first-order valence-corrected chi connectivity index (χ1v) is 7.43. The van der Waals surface area contributed by atoms with Crippen LogP contribution in [0.25, 0.3) is 0 Å². The number of aromatic carboxylic acids is 1. The molecule has 1 aliphatic heterocycles. The number of rotatable bonds is 3. The molecule has 0 spiro atoms. The van der Waals surface area contributed by atoms with Gasteiger partial charge in [-0.25, -0.2) is 4.79 Å². The van der Waals surface area contributed by atoms with Crippen LogP contribution < -0.4 is 0 Å². The Hall–Kier alpha value is -2.11. The third-order valence-corrected chi connectivity index (χ3v) is 4.34. The van der Waals surface area contributed by atoms with Gasteiger partial charge in [-0.1, -0.05) is 5.57 Å². The Labute approximate surface area is 122 Å². The van der Waals surface area contributed by atoms with Gasteiger partial charge < -0.3 is 10.0 Å². The van der Waals surface area contributed by atoms with E-state index in [2.05, 4.69) is 10.2 Å². The van der Waals surface area contributed by atoms with E-state index < -0.39 is 5.97 Å². The number of carbonyl (C=O) groups is 2. The Morgan fingerprint density at radius 1 is 1.33 bits per heavy atom. The molecule has 21 heavy (non-hydrogen) atoms. The standard InChI is InChI=1S/C15H19N3O3/c19-13(8-10-4-3-5-10)18-7-2-1-6-12(18)14-11(15(20)21)9-16-17-14/h8-9,12H,1-7H2,(H,16,17)(H,20,21). The van der Waals surface area contributed by atoms with Crippen molar-refractivity contribution >= 4 is 11.9 Å². The molecule has 112 valence electrons. The summed E-state index contributed by atoms with van der Waals surface area (Å²) in [4.78, 5) is 25.5. The Morgan fingerprint density at radius 2 is 2.14 bits per heavy atom. The lowest BCUT2D eigenvalue weighted by molar-refractivity contribution is -0.129. The van der Waals surface area contributed by atoms with E-state index in [1.54, 1.807) is 11.0 Å². The number of nitrogens with one attached hydrogen (secondary N) is 1. The molecule has 1 saturated heterocycles. The number of carboxylic acids is 1. The number of carboxylic acid groups (broad SMARTS) is 1. The molecule has 1 aromatic heterocycles. The average Bonchev–Trinajstić information content (AvgIpc) is 2.92. The van der Waals surface area contributed by atoms with Crippen molar-refractivity contribution in [1.82, 2.24) is 15.1 Å². The number of nitrogens with zero attached hydrogens (tertiary/aromatic N) is 2. The third-order valence-electron chi connectivity index (χ3n) is 4.34. The minimum absolute atomic E-state index is 0.000314. The fourth-order valence-corrected chi connectivity index (χ4v) is 3.00. The first-order chi connectivity index (χ1) is 10.2. The van der Waals surface area contributed by atoms with Crippen LogP contribution >= 0.6 is 0 Å². The largest absolute Gasteiger partial charge is 0.478 e. The molecule has 3 rings (SSSR count). The lowest BCUT2D eigenvalue weighted by Crippen LogP contribution is -2.38. The summed E-state index contributed by atoms with van der Waals surface area (Å²) in [5.41, 5.74) is 1.91. The summed E-state index contributed by atoms with van der Waals surface area (Å²) in [6.07, 6.45) is 8.95. The molecule has 1 amide bonds. The van der Waals surface area contributed by atoms with E-state index in [0.29, 0.717) is 12.2 Å². The van der Waals surface area contributed by atoms with Crippen molar-refractivity contribution in [3.63, 3.8) is 0 Å². The number of aromatic nitrogens is 2. The van der Waals surface area contributed by atoms with Gasteiger partial charge in [0.05, 0.1) is 17.9 Å². The minimum atomic E-state index is -1.01. The number of amides is 1. The van der Waals surface area contributed by atoms with Crippen molar-refractivity contribution in [1.29, 1.82) is 0 Å². The van der Waals surface area contributed by atoms with Crippen molar-refractivity contribution < 1.29 is 14.7 Å². The van der Waals surface area contributed by atoms with Gasteiger partial charge in [0.25, 0.3) is 0 Å². The second-order valence-corrected chi connectivity index (χ2v) is 5.70. The fraction of sp³-hybridized carbons (Fsp3) is 0.533. The first kappa shape index (κ1) is 13.9. The van der Waals surface area contributed by atoms with Gasteiger partial charge in [-0.15, -0.1) is 0 Å². The van der Waals surface area contributed by atoms with E-state index in [9.17, 15) is 14.7 Å². The molecule has 2 N–H and O–H groups in total. The molecule has 6 heteroatoms. The summed E-state index contributed by atoms with van der Waals surface area (Å²) >= 11 is 0. The Balaban J connectivity index is 1.85. The van der Waals surface area contributed by atoms with E-state index in [0.717, 1.165) is 38.5 Å². The summed E-state index contributed by atoms with van der Waals surface area (Å²) in [5, 5.41) is 15.8. The van der Waals surface area contributed by atoms with Gasteiger partial charge in [-0.05, 0) is 38.5 Å². The third kappa shape index (κ3) is 2.70. The molecule has 6 nitrogen and oxygen atoms in total. The van der Waals surface area contributed by atoms with E-state index in [1.807, 2.05) is 0 Å². The number of piperidine rings is 1. The lowest BCUT2D eigenvalue weighted by Gasteiger charge is -2.35. The van der Waals surface area contributed by atoms with Gasteiger partial charge in [0.15, 0.2) is 0 Å². The van der Waals surface area contributed by atoms with Crippen molar-refractivity contribution in [3.8, 4) is 0 Å². The van der Waals surface area contributed by atoms with Crippen LogP contribution in [0.1, 0.15) is 60.6 Å². The summed E-state index contributed by atoms with van der Waals surface area (Å²) in [7, 11) is 0. The molecule has 1 aromatic rings. The van der Waals surface area contributed by atoms with Crippen molar-refractivity contribution in [2.45, 2.75) is 44.6 Å². The van der Waals surface area contributed by atoms with E-state index >= 15 is 0 Å². The van der Waals surface area contributed by atoms with Gasteiger partial charge in [0, 0.05) is 12.6 Å². The zero-order valence-electron chi connectivity index (χ0n) is 11.8. The Bertz CT molecular complexity index is 585. The number of carbonyl (C=O) groups excluding carboxylic acids is 1. The number of hydrogen-bond donors (Lipinski definition) is 2. The van der Waals surface area contributed by atoms with E-state index in [-0.39, 0.29) is 17.5 Å². The van der Waals surface area contributed by atoms with Crippen LogP contribution in [-0.2, 0) is 4.79 Å². The van der Waals surface area contributed by atoms with Crippen molar-refractivity contribution in [2.75, 3.05) is 6.54 Å². The van der Waals surface area contributed by atoms with Gasteiger partial charge in [-0.3, -0.25) is 9.89 Å². The maximum atomic E-state index is 12.5. The molecule has 0 aromatic carbocycles. The highest BCUT2D eigenvalue weighted by Gasteiger charge is 2.31. The normalized spacial score (nSPS) is 21.8. The number of allylic oxidation sites excluding steroid dienone is 1.